The Bertz CT molecular complexity index is 273. The van der Waals surface area contributed by atoms with Gasteiger partial charge in [0.15, 0.2) is 5.96 Å². The molecule has 4 heteroatoms. The quantitative estimate of drug-likeness (QED) is 0.592. The van der Waals surface area contributed by atoms with E-state index in [4.69, 9.17) is 0 Å². The van der Waals surface area contributed by atoms with E-state index in [0.717, 1.165) is 18.4 Å². The zero-order chi connectivity index (χ0) is 13.6. The summed E-state index contributed by atoms with van der Waals surface area (Å²) in [6.45, 7) is 10.3. The number of hydrogen-bond donors (Lipinski definition) is 2. The molecule has 0 aromatic rings. The molecule has 4 nitrogen and oxygen atoms in total. The fourth-order valence-electron chi connectivity index (χ4n) is 2.64. The SMILES string of the molecule is CCC1CCCN(C(C)(C)CNC(=NC)NC)C1. The van der Waals surface area contributed by atoms with Gasteiger partial charge in [0, 0.05) is 32.7 Å². The maximum atomic E-state index is 4.16. The molecule has 1 aliphatic rings. The second-order valence-corrected chi connectivity index (χ2v) is 5.85. The van der Waals surface area contributed by atoms with Crippen molar-refractivity contribution in [1.82, 2.24) is 15.5 Å². The Balaban J connectivity index is 2.51. The van der Waals surface area contributed by atoms with Crippen molar-refractivity contribution in [3.8, 4) is 0 Å². The third kappa shape index (κ3) is 4.16. The standard InChI is InChI=1S/C14H30N4/c1-6-12-8-7-9-18(10-12)14(2,3)11-17-13(15-4)16-5/h12H,6-11H2,1-5H3,(H2,15,16,17). The molecule has 106 valence electrons. The second-order valence-electron chi connectivity index (χ2n) is 5.85. The summed E-state index contributed by atoms with van der Waals surface area (Å²) in [7, 11) is 3.70. The van der Waals surface area contributed by atoms with Gasteiger partial charge < -0.3 is 10.6 Å². The maximum absolute atomic E-state index is 4.16. The van der Waals surface area contributed by atoms with Crippen LogP contribution in [0, 0.1) is 5.92 Å². The van der Waals surface area contributed by atoms with E-state index in [1.807, 2.05) is 7.05 Å². The Morgan fingerprint density at radius 2 is 2.17 bits per heavy atom. The molecule has 1 heterocycles. The zero-order valence-corrected chi connectivity index (χ0v) is 12.7. The first-order valence-corrected chi connectivity index (χ1v) is 7.17. The first-order valence-electron chi connectivity index (χ1n) is 7.17. The highest BCUT2D eigenvalue weighted by Crippen LogP contribution is 2.25. The fraction of sp³-hybridized carbons (Fsp3) is 0.929. The highest BCUT2D eigenvalue weighted by molar-refractivity contribution is 5.79. The van der Waals surface area contributed by atoms with Crippen LogP contribution in [-0.4, -0.2) is 50.1 Å². The number of nitrogens with zero attached hydrogens (tertiary/aromatic N) is 2. The molecule has 2 N–H and O–H groups in total. The van der Waals surface area contributed by atoms with Crippen LogP contribution in [0.4, 0.5) is 0 Å². The highest BCUT2D eigenvalue weighted by atomic mass is 15.2. The number of aliphatic imine (C=N–C) groups is 1. The molecule has 1 saturated heterocycles. The summed E-state index contributed by atoms with van der Waals surface area (Å²) in [6, 6.07) is 0. The van der Waals surface area contributed by atoms with Crippen LogP contribution in [0.3, 0.4) is 0 Å². The Morgan fingerprint density at radius 1 is 1.44 bits per heavy atom. The number of hydrogen-bond acceptors (Lipinski definition) is 2. The molecule has 18 heavy (non-hydrogen) atoms. The molecule has 0 radical (unpaired) electrons. The lowest BCUT2D eigenvalue weighted by molar-refractivity contribution is 0.0680. The van der Waals surface area contributed by atoms with Gasteiger partial charge in [0.25, 0.3) is 0 Å². The Labute approximate surface area is 112 Å². The predicted molar refractivity (Wildman–Crippen MR) is 79.1 cm³/mol. The molecule has 0 amide bonds. The molecule has 0 saturated carbocycles. The van der Waals surface area contributed by atoms with Crippen molar-refractivity contribution < 1.29 is 0 Å². The number of nitrogens with one attached hydrogen (secondary N) is 2. The van der Waals surface area contributed by atoms with Crippen LogP contribution in [0.25, 0.3) is 0 Å². The summed E-state index contributed by atoms with van der Waals surface area (Å²) in [5, 5.41) is 6.45. The van der Waals surface area contributed by atoms with Crippen molar-refractivity contribution in [3.63, 3.8) is 0 Å². The van der Waals surface area contributed by atoms with Gasteiger partial charge in [-0.15, -0.1) is 0 Å². The highest BCUT2D eigenvalue weighted by Gasteiger charge is 2.30. The normalized spacial score (nSPS) is 22.9. The summed E-state index contributed by atoms with van der Waals surface area (Å²) >= 11 is 0. The van der Waals surface area contributed by atoms with E-state index < -0.39 is 0 Å². The van der Waals surface area contributed by atoms with Gasteiger partial charge >= 0.3 is 0 Å². The van der Waals surface area contributed by atoms with Gasteiger partial charge in [0.2, 0.25) is 0 Å². The predicted octanol–water partition coefficient (Wildman–Crippen LogP) is 1.68. The molecular formula is C14H30N4. The maximum Gasteiger partial charge on any atom is 0.190 e. The van der Waals surface area contributed by atoms with Gasteiger partial charge in [-0.2, -0.15) is 0 Å². The third-order valence-corrected chi connectivity index (χ3v) is 4.10. The minimum Gasteiger partial charge on any atom is -0.359 e. The zero-order valence-electron chi connectivity index (χ0n) is 12.7. The van der Waals surface area contributed by atoms with Crippen LogP contribution in [0.15, 0.2) is 4.99 Å². The molecule has 0 aromatic heterocycles. The average Bonchev–Trinajstić information content (AvgIpc) is 2.40. The van der Waals surface area contributed by atoms with E-state index in [1.165, 1.54) is 32.4 Å². The number of rotatable bonds is 4. The lowest BCUT2D eigenvalue weighted by Crippen LogP contribution is -2.55. The summed E-state index contributed by atoms with van der Waals surface area (Å²) in [4.78, 5) is 6.79. The van der Waals surface area contributed by atoms with Crippen molar-refractivity contribution in [2.75, 3.05) is 33.7 Å². The molecular weight excluding hydrogens is 224 g/mol. The number of likely N-dealkylation sites (tertiary alicyclic amines) is 1. The molecule has 0 bridgehead atoms. The molecule has 1 unspecified atom stereocenters. The lowest BCUT2D eigenvalue weighted by atomic mass is 9.91. The first-order chi connectivity index (χ1) is 8.53. The van der Waals surface area contributed by atoms with Gasteiger partial charge in [-0.3, -0.25) is 9.89 Å². The number of piperidine rings is 1. The van der Waals surface area contributed by atoms with Crippen LogP contribution >= 0.6 is 0 Å². The molecule has 1 atom stereocenters. The molecule has 0 aliphatic carbocycles. The summed E-state index contributed by atoms with van der Waals surface area (Å²) < 4.78 is 0. The van der Waals surface area contributed by atoms with Crippen molar-refractivity contribution in [3.05, 3.63) is 0 Å². The Morgan fingerprint density at radius 3 is 2.72 bits per heavy atom. The van der Waals surface area contributed by atoms with Gasteiger partial charge in [-0.25, -0.2) is 0 Å². The monoisotopic (exact) mass is 254 g/mol. The molecule has 1 aliphatic heterocycles. The molecule has 1 rings (SSSR count). The molecule has 1 fully saturated rings. The van der Waals surface area contributed by atoms with Crippen LogP contribution in [0.1, 0.15) is 40.0 Å². The van der Waals surface area contributed by atoms with Crippen molar-refractivity contribution in [2.24, 2.45) is 10.9 Å². The van der Waals surface area contributed by atoms with Crippen molar-refractivity contribution >= 4 is 5.96 Å². The number of guanidine groups is 1. The van der Waals surface area contributed by atoms with E-state index in [9.17, 15) is 0 Å². The van der Waals surface area contributed by atoms with E-state index in [0.29, 0.717) is 0 Å². The van der Waals surface area contributed by atoms with E-state index in [-0.39, 0.29) is 5.54 Å². The van der Waals surface area contributed by atoms with Crippen LogP contribution in [0.2, 0.25) is 0 Å². The Kier molecular flexibility index (Phi) is 5.93. The fourth-order valence-corrected chi connectivity index (χ4v) is 2.64. The van der Waals surface area contributed by atoms with E-state index in [1.54, 1.807) is 7.05 Å². The largest absolute Gasteiger partial charge is 0.359 e. The van der Waals surface area contributed by atoms with Crippen molar-refractivity contribution in [2.45, 2.75) is 45.6 Å². The second kappa shape index (κ2) is 6.98. The topological polar surface area (TPSA) is 39.7 Å². The van der Waals surface area contributed by atoms with Crippen LogP contribution in [0.5, 0.6) is 0 Å². The van der Waals surface area contributed by atoms with Gasteiger partial charge in [0.1, 0.15) is 0 Å². The van der Waals surface area contributed by atoms with Crippen molar-refractivity contribution in [1.29, 1.82) is 0 Å². The lowest BCUT2D eigenvalue weighted by Gasteiger charge is -2.43. The minimum absolute atomic E-state index is 0.181. The van der Waals surface area contributed by atoms with E-state index in [2.05, 4.69) is 41.3 Å². The summed E-state index contributed by atoms with van der Waals surface area (Å²) in [5.41, 5.74) is 0.181. The molecule has 0 spiro atoms. The smallest absolute Gasteiger partial charge is 0.190 e. The van der Waals surface area contributed by atoms with Crippen LogP contribution < -0.4 is 10.6 Å². The summed E-state index contributed by atoms with van der Waals surface area (Å²) in [6.07, 6.45) is 4.04. The molecule has 0 aromatic carbocycles. The minimum atomic E-state index is 0.181. The first kappa shape index (κ1) is 15.3. The van der Waals surface area contributed by atoms with Gasteiger partial charge in [-0.05, 0) is 39.2 Å². The third-order valence-electron chi connectivity index (χ3n) is 4.10. The van der Waals surface area contributed by atoms with Gasteiger partial charge in [-0.1, -0.05) is 13.3 Å². The summed E-state index contributed by atoms with van der Waals surface area (Å²) in [5.74, 6) is 1.74. The Hall–Kier alpha value is -0.770. The van der Waals surface area contributed by atoms with E-state index >= 15 is 0 Å². The van der Waals surface area contributed by atoms with Gasteiger partial charge in [0.05, 0.1) is 0 Å². The van der Waals surface area contributed by atoms with Crippen LogP contribution in [-0.2, 0) is 0 Å². The average molecular weight is 254 g/mol.